The molecule has 0 radical (unpaired) electrons. The molecule has 2 rings (SSSR count). The van der Waals surface area contributed by atoms with Crippen LogP contribution in [0.4, 0.5) is 11.4 Å². The maximum atomic E-state index is 10.9. The lowest BCUT2D eigenvalue weighted by atomic mass is 10.1. The molecule has 94 valence electrons. The van der Waals surface area contributed by atoms with Gasteiger partial charge in [0.1, 0.15) is 6.07 Å². The standard InChI is InChI=1S/C15H12N2O2/c1-10-8-11(15(18)19)6-7-13(10)17-14-5-3-2-4-12(14)9-16/h2-8,17H,1H3,(H,18,19). The highest BCUT2D eigenvalue weighted by atomic mass is 16.4. The summed E-state index contributed by atoms with van der Waals surface area (Å²) < 4.78 is 0. The van der Waals surface area contributed by atoms with Crippen LogP contribution < -0.4 is 5.32 Å². The summed E-state index contributed by atoms with van der Waals surface area (Å²) in [5.41, 5.74) is 3.09. The molecule has 0 spiro atoms. The van der Waals surface area contributed by atoms with E-state index in [1.807, 2.05) is 19.1 Å². The zero-order valence-corrected chi connectivity index (χ0v) is 10.3. The molecule has 2 N–H and O–H groups in total. The average molecular weight is 252 g/mol. The van der Waals surface area contributed by atoms with Gasteiger partial charge in [0.15, 0.2) is 0 Å². The average Bonchev–Trinajstić information content (AvgIpc) is 2.41. The lowest BCUT2D eigenvalue weighted by Crippen LogP contribution is -2.00. The first-order valence-corrected chi connectivity index (χ1v) is 5.72. The largest absolute Gasteiger partial charge is 0.478 e. The molecule has 0 bridgehead atoms. The molecule has 2 aromatic rings. The lowest BCUT2D eigenvalue weighted by molar-refractivity contribution is 0.0697. The number of carboxylic acid groups (broad SMARTS) is 1. The molecular formula is C15H12N2O2. The molecule has 0 fully saturated rings. The first-order valence-electron chi connectivity index (χ1n) is 5.72. The van der Waals surface area contributed by atoms with E-state index in [4.69, 9.17) is 10.4 Å². The molecular weight excluding hydrogens is 240 g/mol. The predicted molar refractivity (Wildman–Crippen MR) is 72.6 cm³/mol. The molecule has 0 amide bonds. The summed E-state index contributed by atoms with van der Waals surface area (Å²) in [7, 11) is 0. The van der Waals surface area contributed by atoms with E-state index in [9.17, 15) is 4.79 Å². The molecule has 4 heteroatoms. The fraction of sp³-hybridized carbons (Fsp3) is 0.0667. The van der Waals surface area contributed by atoms with Crippen molar-refractivity contribution in [3.05, 3.63) is 59.2 Å². The predicted octanol–water partition coefficient (Wildman–Crippen LogP) is 3.31. The number of hydrogen-bond donors (Lipinski definition) is 2. The number of anilines is 2. The second kappa shape index (κ2) is 5.23. The number of benzene rings is 2. The van der Waals surface area contributed by atoms with Crippen molar-refractivity contribution in [2.45, 2.75) is 6.92 Å². The maximum Gasteiger partial charge on any atom is 0.335 e. The minimum atomic E-state index is -0.952. The number of aryl methyl sites for hydroxylation is 1. The van der Waals surface area contributed by atoms with Crippen molar-refractivity contribution in [1.82, 2.24) is 0 Å². The number of hydrogen-bond acceptors (Lipinski definition) is 3. The Kier molecular flexibility index (Phi) is 3.48. The summed E-state index contributed by atoms with van der Waals surface area (Å²) in [5, 5.41) is 21.1. The third-order valence-corrected chi connectivity index (χ3v) is 2.79. The van der Waals surface area contributed by atoms with Crippen LogP contribution in [0.3, 0.4) is 0 Å². The van der Waals surface area contributed by atoms with Gasteiger partial charge in [0.2, 0.25) is 0 Å². The van der Waals surface area contributed by atoms with E-state index >= 15 is 0 Å². The van der Waals surface area contributed by atoms with Crippen LogP contribution in [0, 0.1) is 18.3 Å². The van der Waals surface area contributed by atoms with Gasteiger partial charge in [0, 0.05) is 5.69 Å². The zero-order valence-electron chi connectivity index (χ0n) is 10.3. The van der Waals surface area contributed by atoms with Gasteiger partial charge in [-0.1, -0.05) is 12.1 Å². The Balaban J connectivity index is 2.34. The number of nitriles is 1. The fourth-order valence-corrected chi connectivity index (χ4v) is 1.77. The molecule has 0 saturated heterocycles. The first-order chi connectivity index (χ1) is 9.11. The van der Waals surface area contributed by atoms with Crippen LogP contribution in [-0.4, -0.2) is 11.1 Å². The van der Waals surface area contributed by atoms with Crippen LogP contribution in [0.5, 0.6) is 0 Å². The normalized spacial score (nSPS) is 9.68. The first kappa shape index (κ1) is 12.7. The Hall–Kier alpha value is -2.80. The van der Waals surface area contributed by atoms with Crippen molar-refractivity contribution < 1.29 is 9.90 Å². The summed E-state index contributed by atoms with van der Waals surface area (Å²) >= 11 is 0. The highest BCUT2D eigenvalue weighted by molar-refractivity contribution is 5.88. The van der Waals surface area contributed by atoms with Gasteiger partial charge < -0.3 is 10.4 Å². The van der Waals surface area contributed by atoms with Gasteiger partial charge in [-0.05, 0) is 42.8 Å². The topological polar surface area (TPSA) is 73.1 Å². The van der Waals surface area contributed by atoms with Crippen molar-refractivity contribution in [2.24, 2.45) is 0 Å². The third-order valence-electron chi connectivity index (χ3n) is 2.79. The molecule has 2 aromatic carbocycles. The van der Waals surface area contributed by atoms with Gasteiger partial charge in [-0.25, -0.2) is 4.79 Å². The summed E-state index contributed by atoms with van der Waals surface area (Å²) in [6, 6.07) is 14.1. The smallest absolute Gasteiger partial charge is 0.335 e. The Morgan fingerprint density at radius 3 is 2.58 bits per heavy atom. The van der Waals surface area contributed by atoms with Gasteiger partial charge >= 0.3 is 5.97 Å². The van der Waals surface area contributed by atoms with E-state index < -0.39 is 5.97 Å². The van der Waals surface area contributed by atoms with Crippen molar-refractivity contribution in [3.8, 4) is 6.07 Å². The van der Waals surface area contributed by atoms with Crippen LogP contribution in [0.15, 0.2) is 42.5 Å². The minimum Gasteiger partial charge on any atom is -0.478 e. The second-order valence-electron chi connectivity index (χ2n) is 4.12. The van der Waals surface area contributed by atoms with E-state index in [0.717, 1.165) is 11.3 Å². The molecule has 0 unspecified atom stereocenters. The number of rotatable bonds is 3. The molecule has 0 aromatic heterocycles. The summed E-state index contributed by atoms with van der Waals surface area (Å²) in [4.78, 5) is 10.9. The van der Waals surface area contributed by atoms with E-state index in [1.165, 1.54) is 6.07 Å². The van der Waals surface area contributed by atoms with Gasteiger partial charge in [0.25, 0.3) is 0 Å². The number of nitrogens with zero attached hydrogens (tertiary/aromatic N) is 1. The van der Waals surface area contributed by atoms with Crippen molar-refractivity contribution in [1.29, 1.82) is 5.26 Å². The second-order valence-corrected chi connectivity index (χ2v) is 4.12. The number of carboxylic acids is 1. The molecule has 0 heterocycles. The zero-order chi connectivity index (χ0) is 13.8. The third kappa shape index (κ3) is 2.72. The monoisotopic (exact) mass is 252 g/mol. The lowest BCUT2D eigenvalue weighted by Gasteiger charge is -2.11. The molecule has 19 heavy (non-hydrogen) atoms. The van der Waals surface area contributed by atoms with Gasteiger partial charge in [-0.3, -0.25) is 0 Å². The van der Waals surface area contributed by atoms with E-state index in [1.54, 1.807) is 24.3 Å². The van der Waals surface area contributed by atoms with E-state index in [2.05, 4.69) is 11.4 Å². The van der Waals surface area contributed by atoms with Crippen LogP contribution in [-0.2, 0) is 0 Å². The van der Waals surface area contributed by atoms with E-state index in [0.29, 0.717) is 11.3 Å². The van der Waals surface area contributed by atoms with Crippen molar-refractivity contribution in [2.75, 3.05) is 5.32 Å². The van der Waals surface area contributed by atoms with Gasteiger partial charge in [-0.15, -0.1) is 0 Å². The molecule has 0 aliphatic carbocycles. The van der Waals surface area contributed by atoms with Crippen molar-refractivity contribution in [3.63, 3.8) is 0 Å². The van der Waals surface area contributed by atoms with Crippen molar-refractivity contribution >= 4 is 17.3 Å². The van der Waals surface area contributed by atoms with Crippen LogP contribution in [0.2, 0.25) is 0 Å². The molecule has 0 saturated carbocycles. The van der Waals surface area contributed by atoms with Crippen LogP contribution in [0.1, 0.15) is 21.5 Å². The molecule has 0 aliphatic rings. The number of aromatic carboxylic acids is 1. The Morgan fingerprint density at radius 2 is 1.95 bits per heavy atom. The quantitative estimate of drug-likeness (QED) is 0.878. The highest BCUT2D eigenvalue weighted by Gasteiger charge is 2.07. The Bertz CT molecular complexity index is 672. The molecule has 0 atom stereocenters. The summed E-state index contributed by atoms with van der Waals surface area (Å²) in [6.45, 7) is 1.82. The number of para-hydroxylation sites is 1. The summed E-state index contributed by atoms with van der Waals surface area (Å²) in [5.74, 6) is -0.952. The van der Waals surface area contributed by atoms with Crippen LogP contribution in [0.25, 0.3) is 0 Å². The number of nitrogens with one attached hydrogen (secondary N) is 1. The Labute approximate surface area is 110 Å². The fourth-order valence-electron chi connectivity index (χ4n) is 1.77. The number of carbonyl (C=O) groups is 1. The Morgan fingerprint density at radius 1 is 1.21 bits per heavy atom. The molecule has 0 aliphatic heterocycles. The van der Waals surface area contributed by atoms with E-state index in [-0.39, 0.29) is 5.56 Å². The minimum absolute atomic E-state index is 0.247. The molecule has 4 nitrogen and oxygen atoms in total. The summed E-state index contributed by atoms with van der Waals surface area (Å²) in [6.07, 6.45) is 0. The highest BCUT2D eigenvalue weighted by Crippen LogP contribution is 2.23. The van der Waals surface area contributed by atoms with Gasteiger partial charge in [-0.2, -0.15) is 5.26 Å². The van der Waals surface area contributed by atoms with Gasteiger partial charge in [0.05, 0.1) is 16.8 Å². The van der Waals surface area contributed by atoms with Crippen LogP contribution >= 0.6 is 0 Å². The maximum absolute atomic E-state index is 10.9. The SMILES string of the molecule is Cc1cc(C(=O)O)ccc1Nc1ccccc1C#N.